The first-order chi connectivity index (χ1) is 17.8. The molecule has 0 unspecified atom stereocenters. The molecule has 0 radical (unpaired) electrons. The van der Waals surface area contributed by atoms with Gasteiger partial charge in [-0.3, -0.25) is 9.52 Å². The van der Waals surface area contributed by atoms with Crippen LogP contribution in [0.2, 0.25) is 0 Å². The summed E-state index contributed by atoms with van der Waals surface area (Å²) in [5.41, 5.74) is 2.01. The molecule has 0 aliphatic carbocycles. The maximum atomic E-state index is 15.5. The van der Waals surface area contributed by atoms with Crippen molar-refractivity contribution >= 4 is 32.5 Å². The maximum absolute atomic E-state index is 15.5. The van der Waals surface area contributed by atoms with E-state index >= 15 is 4.39 Å². The average Bonchev–Trinajstić information content (AvgIpc) is 3.33. The molecule has 0 saturated heterocycles. The van der Waals surface area contributed by atoms with Crippen LogP contribution in [-0.2, 0) is 10.0 Å². The van der Waals surface area contributed by atoms with E-state index in [-0.39, 0.29) is 27.7 Å². The largest absolute Gasteiger partial charge is 0.467 e. The lowest BCUT2D eigenvalue weighted by molar-refractivity contribution is 0.103. The molecule has 2 N–H and O–H groups in total. The molecule has 5 aromatic rings. The van der Waals surface area contributed by atoms with Crippen LogP contribution in [-0.4, -0.2) is 41.2 Å². The molecule has 0 aliphatic rings. The number of carbonyl (C=O) groups excluding carboxylic acids is 1. The topological polar surface area (TPSA) is 127 Å². The van der Waals surface area contributed by atoms with Gasteiger partial charge in [0.1, 0.15) is 5.65 Å². The number of aromatic amines is 1. The third-order valence-electron chi connectivity index (χ3n) is 5.71. The van der Waals surface area contributed by atoms with Gasteiger partial charge in [-0.15, -0.1) is 0 Å². The maximum Gasteiger partial charge on any atom is 0.316 e. The van der Waals surface area contributed by atoms with Crippen LogP contribution in [0.25, 0.3) is 22.2 Å². The number of H-pyrrole nitrogens is 1. The lowest BCUT2D eigenvalue weighted by Gasteiger charge is -2.11. The van der Waals surface area contributed by atoms with E-state index in [9.17, 15) is 13.2 Å². The number of carbonyl (C=O) groups is 1. The van der Waals surface area contributed by atoms with Gasteiger partial charge in [0.15, 0.2) is 11.6 Å². The van der Waals surface area contributed by atoms with Crippen molar-refractivity contribution in [1.82, 2.24) is 19.9 Å². The Bertz CT molecular complexity index is 1750. The Labute approximate surface area is 211 Å². The standard InChI is InChI=1S/C26H20FN5O4S/c1-15-5-3-6-18(9-15)37(34,35)32-22-8-4-7-19(23(22)27)24(33)21-14-29-25-20(21)10-16(11-28-25)17-12-30-26(36-2)31-13-17/h3-14,32H,1-2H3,(H,28,29). The van der Waals surface area contributed by atoms with Crippen LogP contribution >= 0.6 is 0 Å². The van der Waals surface area contributed by atoms with Gasteiger partial charge in [-0.05, 0) is 42.8 Å². The number of anilines is 1. The molecule has 3 heterocycles. The fourth-order valence-electron chi connectivity index (χ4n) is 3.84. The number of fused-ring (bicyclic) bond motifs is 1. The van der Waals surface area contributed by atoms with Crippen LogP contribution in [0.1, 0.15) is 21.5 Å². The Morgan fingerprint density at radius 1 is 0.973 bits per heavy atom. The molecule has 2 aromatic carbocycles. The number of ether oxygens (including phenoxy) is 1. The van der Waals surface area contributed by atoms with Gasteiger partial charge in [-0.1, -0.05) is 18.2 Å². The summed E-state index contributed by atoms with van der Waals surface area (Å²) in [7, 11) is -2.61. The third kappa shape index (κ3) is 4.64. The lowest BCUT2D eigenvalue weighted by atomic mass is 10.0. The predicted molar refractivity (Wildman–Crippen MR) is 135 cm³/mol. The first-order valence-corrected chi connectivity index (χ1v) is 12.5. The number of hydrogen-bond donors (Lipinski definition) is 2. The number of sulfonamides is 1. The highest BCUT2D eigenvalue weighted by Gasteiger charge is 2.23. The van der Waals surface area contributed by atoms with Gasteiger partial charge in [-0.2, -0.15) is 0 Å². The van der Waals surface area contributed by atoms with Crippen LogP contribution < -0.4 is 9.46 Å². The first-order valence-electron chi connectivity index (χ1n) is 11.0. The Kier molecular flexibility index (Phi) is 6.14. The average molecular weight is 518 g/mol. The molecule has 0 spiro atoms. The van der Waals surface area contributed by atoms with Crippen molar-refractivity contribution in [3.8, 4) is 17.1 Å². The highest BCUT2D eigenvalue weighted by atomic mass is 32.2. The molecule has 9 nitrogen and oxygen atoms in total. The molecule has 0 fully saturated rings. The van der Waals surface area contributed by atoms with Crippen LogP contribution in [0.15, 0.2) is 78.2 Å². The summed E-state index contributed by atoms with van der Waals surface area (Å²) in [5.74, 6) is -1.61. The first kappa shape index (κ1) is 24.1. The van der Waals surface area contributed by atoms with Crippen LogP contribution in [0.3, 0.4) is 0 Å². The molecule has 5 rings (SSSR count). The number of nitrogens with zero attached hydrogens (tertiary/aromatic N) is 3. The number of aryl methyl sites for hydroxylation is 1. The number of halogens is 1. The minimum atomic E-state index is -4.07. The normalized spacial score (nSPS) is 11.4. The molecule has 0 amide bonds. The van der Waals surface area contributed by atoms with E-state index in [0.717, 1.165) is 5.56 Å². The van der Waals surface area contributed by atoms with Gasteiger partial charge in [-0.25, -0.2) is 27.8 Å². The van der Waals surface area contributed by atoms with E-state index < -0.39 is 21.6 Å². The lowest BCUT2D eigenvalue weighted by Crippen LogP contribution is -2.15. The van der Waals surface area contributed by atoms with E-state index in [4.69, 9.17) is 4.74 Å². The highest BCUT2D eigenvalue weighted by Crippen LogP contribution is 2.29. The summed E-state index contributed by atoms with van der Waals surface area (Å²) >= 11 is 0. The van der Waals surface area contributed by atoms with Gasteiger partial charge >= 0.3 is 6.01 Å². The smallest absolute Gasteiger partial charge is 0.316 e. The molecule has 0 bridgehead atoms. The summed E-state index contributed by atoms with van der Waals surface area (Å²) < 4.78 is 48.3. The minimum absolute atomic E-state index is 0.0126. The monoisotopic (exact) mass is 517 g/mol. The number of ketones is 1. The second-order valence-electron chi connectivity index (χ2n) is 8.20. The van der Waals surface area contributed by atoms with Gasteiger partial charge in [0, 0.05) is 46.9 Å². The van der Waals surface area contributed by atoms with Crippen LogP contribution in [0.4, 0.5) is 10.1 Å². The number of benzene rings is 2. The van der Waals surface area contributed by atoms with Crippen molar-refractivity contribution in [3.05, 3.63) is 95.8 Å². The fraction of sp³-hybridized carbons (Fsp3) is 0.0769. The van der Waals surface area contributed by atoms with Gasteiger partial charge in [0.2, 0.25) is 0 Å². The number of methoxy groups -OCH3 is 1. The molecule has 11 heteroatoms. The van der Waals surface area contributed by atoms with Crippen molar-refractivity contribution < 1.29 is 22.3 Å². The molecule has 0 aliphatic heterocycles. The van der Waals surface area contributed by atoms with E-state index in [1.807, 2.05) is 0 Å². The second-order valence-corrected chi connectivity index (χ2v) is 9.88. The summed E-state index contributed by atoms with van der Waals surface area (Å²) in [6.07, 6.45) is 6.16. The third-order valence-corrected chi connectivity index (χ3v) is 7.07. The highest BCUT2D eigenvalue weighted by molar-refractivity contribution is 7.92. The number of nitrogens with one attached hydrogen (secondary N) is 2. The summed E-state index contributed by atoms with van der Waals surface area (Å²) in [6, 6.07) is 12.1. The molecular weight excluding hydrogens is 497 g/mol. The zero-order valence-corrected chi connectivity index (χ0v) is 20.5. The Morgan fingerprint density at radius 3 is 2.43 bits per heavy atom. The molecule has 3 aromatic heterocycles. The van der Waals surface area contributed by atoms with E-state index in [0.29, 0.717) is 22.2 Å². The Balaban J connectivity index is 1.50. The molecular formula is C26H20FN5O4S. The van der Waals surface area contributed by atoms with Gasteiger partial charge < -0.3 is 9.72 Å². The number of hydrogen-bond acceptors (Lipinski definition) is 7. The molecule has 186 valence electrons. The second kappa shape index (κ2) is 9.43. The van der Waals surface area contributed by atoms with Gasteiger partial charge in [0.25, 0.3) is 10.0 Å². The van der Waals surface area contributed by atoms with Crippen molar-refractivity contribution in [2.75, 3.05) is 11.8 Å². The number of pyridine rings is 1. The summed E-state index contributed by atoms with van der Waals surface area (Å²) in [5, 5.41) is 0.462. The zero-order chi connectivity index (χ0) is 26.2. The van der Waals surface area contributed by atoms with Crippen LogP contribution in [0, 0.1) is 12.7 Å². The van der Waals surface area contributed by atoms with E-state index in [2.05, 4.69) is 24.7 Å². The molecule has 0 atom stereocenters. The van der Waals surface area contributed by atoms with Gasteiger partial charge in [0.05, 0.1) is 23.3 Å². The molecule has 0 saturated carbocycles. The van der Waals surface area contributed by atoms with Crippen molar-refractivity contribution in [2.24, 2.45) is 0 Å². The SMILES string of the molecule is COc1ncc(-c2cnc3[nH]cc(C(=O)c4cccc(NS(=O)(=O)c5cccc(C)c5)c4F)c3c2)cn1. The predicted octanol–water partition coefficient (Wildman–Crippen LogP) is 4.51. The Morgan fingerprint density at radius 2 is 1.70 bits per heavy atom. The zero-order valence-electron chi connectivity index (χ0n) is 19.7. The number of rotatable bonds is 7. The van der Waals surface area contributed by atoms with E-state index in [1.54, 1.807) is 43.7 Å². The number of aromatic nitrogens is 4. The van der Waals surface area contributed by atoms with Crippen molar-refractivity contribution in [3.63, 3.8) is 0 Å². The molecule has 37 heavy (non-hydrogen) atoms. The minimum Gasteiger partial charge on any atom is -0.467 e. The van der Waals surface area contributed by atoms with Crippen molar-refractivity contribution in [2.45, 2.75) is 11.8 Å². The van der Waals surface area contributed by atoms with E-state index in [1.165, 1.54) is 43.6 Å². The Hall–Kier alpha value is -4.64. The van der Waals surface area contributed by atoms with Crippen LogP contribution in [0.5, 0.6) is 6.01 Å². The fourth-order valence-corrected chi connectivity index (χ4v) is 5.00. The summed E-state index contributed by atoms with van der Waals surface area (Å²) in [4.78, 5) is 28.8. The quantitative estimate of drug-likeness (QED) is 0.304. The van der Waals surface area contributed by atoms with Crippen molar-refractivity contribution in [1.29, 1.82) is 0 Å². The summed E-state index contributed by atoms with van der Waals surface area (Å²) in [6.45, 7) is 1.75.